The first-order valence-electron chi connectivity index (χ1n) is 11.9. The van der Waals surface area contributed by atoms with Crippen molar-refractivity contribution in [3.63, 3.8) is 0 Å². The fourth-order valence-electron chi connectivity index (χ4n) is 4.65. The molecule has 2 aliphatic heterocycles. The lowest BCUT2D eigenvalue weighted by molar-refractivity contribution is -0.121. The van der Waals surface area contributed by atoms with Gasteiger partial charge in [-0.1, -0.05) is 42.1 Å². The first-order valence-corrected chi connectivity index (χ1v) is 14.1. The minimum absolute atomic E-state index is 0.0291. The molecule has 0 saturated carbocycles. The Bertz CT molecular complexity index is 1070. The topological polar surface area (TPSA) is 69.7 Å². The van der Waals surface area contributed by atoms with Crippen LogP contribution in [-0.4, -0.2) is 49.7 Å². The van der Waals surface area contributed by atoms with Crippen LogP contribution in [0.4, 0.5) is 5.69 Å². The first-order chi connectivity index (χ1) is 16.3. The lowest BCUT2D eigenvalue weighted by Gasteiger charge is -2.31. The van der Waals surface area contributed by atoms with Gasteiger partial charge >= 0.3 is 0 Å². The van der Waals surface area contributed by atoms with Crippen molar-refractivity contribution < 1.29 is 13.2 Å². The average molecular weight is 525 g/mol. The third-order valence-corrected chi connectivity index (χ3v) is 9.35. The fourth-order valence-corrected chi connectivity index (χ4v) is 6.68. The monoisotopic (exact) mass is 523 g/mol. The van der Waals surface area contributed by atoms with Crippen LogP contribution in [0.15, 0.2) is 47.4 Å². The van der Waals surface area contributed by atoms with Gasteiger partial charge in [-0.2, -0.15) is 4.31 Å². The molecule has 0 bridgehead atoms. The second-order valence-corrected chi connectivity index (χ2v) is 11.8. The molecule has 184 valence electrons. The summed E-state index contributed by atoms with van der Waals surface area (Å²) in [6.45, 7) is 3.38. The molecule has 0 aliphatic carbocycles. The number of anilines is 1. The van der Waals surface area contributed by atoms with E-state index < -0.39 is 10.0 Å². The van der Waals surface area contributed by atoms with Gasteiger partial charge in [0.1, 0.15) is 0 Å². The van der Waals surface area contributed by atoms with Crippen molar-refractivity contribution in [2.75, 3.05) is 31.5 Å². The molecule has 6 nitrogen and oxygen atoms in total. The van der Waals surface area contributed by atoms with Gasteiger partial charge in [0.05, 0.1) is 4.90 Å². The predicted molar refractivity (Wildman–Crippen MR) is 137 cm³/mol. The molecule has 1 N–H and O–H groups in total. The number of amides is 1. The fraction of sp³-hybridized carbons (Fsp3) is 0.480. The van der Waals surface area contributed by atoms with Crippen molar-refractivity contribution >= 4 is 44.8 Å². The standard InChI is InChI=1S/C25H31Cl2N3O3S/c26-23-6-5-7-24(27)22(23)18-29-16-12-19(13-17-29)25(31)28-20-8-10-21(11-9-20)34(32,33)30-14-3-1-2-4-15-30/h5-11,19H,1-4,12-18H2,(H,28,31). The third-order valence-electron chi connectivity index (χ3n) is 6.73. The van der Waals surface area contributed by atoms with E-state index in [4.69, 9.17) is 23.2 Å². The second kappa shape index (κ2) is 11.4. The number of halogens is 2. The van der Waals surface area contributed by atoms with Gasteiger partial charge in [-0.3, -0.25) is 9.69 Å². The molecule has 2 saturated heterocycles. The van der Waals surface area contributed by atoms with Gasteiger partial charge in [-0.05, 0) is 75.2 Å². The zero-order valence-electron chi connectivity index (χ0n) is 19.2. The number of nitrogens with zero attached hydrogens (tertiary/aromatic N) is 2. The SMILES string of the molecule is O=C(Nc1ccc(S(=O)(=O)N2CCCCCC2)cc1)C1CCN(Cc2c(Cl)cccc2Cl)CC1. The van der Waals surface area contributed by atoms with Crippen LogP contribution in [0.1, 0.15) is 44.1 Å². The lowest BCUT2D eigenvalue weighted by Crippen LogP contribution is -2.37. The summed E-state index contributed by atoms with van der Waals surface area (Å²) in [5.41, 5.74) is 1.54. The van der Waals surface area contributed by atoms with Gasteiger partial charge in [0.25, 0.3) is 0 Å². The van der Waals surface area contributed by atoms with Crippen molar-refractivity contribution in [2.24, 2.45) is 5.92 Å². The Labute approximate surface area is 212 Å². The Kier molecular flexibility index (Phi) is 8.53. The van der Waals surface area contributed by atoms with Crippen LogP contribution in [0.3, 0.4) is 0 Å². The summed E-state index contributed by atoms with van der Waals surface area (Å²) < 4.78 is 27.5. The summed E-state index contributed by atoms with van der Waals surface area (Å²) >= 11 is 12.6. The van der Waals surface area contributed by atoms with Crippen LogP contribution < -0.4 is 5.32 Å². The van der Waals surface area contributed by atoms with E-state index in [9.17, 15) is 13.2 Å². The van der Waals surface area contributed by atoms with Crippen molar-refractivity contribution in [1.29, 1.82) is 0 Å². The first kappa shape index (κ1) is 25.5. The van der Waals surface area contributed by atoms with Crippen LogP contribution in [0.2, 0.25) is 10.0 Å². The Morgan fingerprint density at radius 3 is 2.06 bits per heavy atom. The number of rotatable bonds is 6. The van der Waals surface area contributed by atoms with Crippen LogP contribution in [0.5, 0.6) is 0 Å². The van der Waals surface area contributed by atoms with E-state index in [1.807, 2.05) is 18.2 Å². The molecule has 0 radical (unpaired) electrons. The molecular formula is C25H31Cl2N3O3S. The Morgan fingerprint density at radius 1 is 0.882 bits per heavy atom. The summed E-state index contributed by atoms with van der Waals surface area (Å²) in [4.78, 5) is 15.3. The second-order valence-electron chi connectivity index (χ2n) is 9.08. The van der Waals surface area contributed by atoms with Crippen LogP contribution >= 0.6 is 23.2 Å². The molecule has 1 amide bonds. The number of hydrogen-bond acceptors (Lipinski definition) is 4. The number of sulfonamides is 1. The van der Waals surface area contributed by atoms with Crippen LogP contribution in [0.25, 0.3) is 0 Å². The molecule has 2 heterocycles. The van der Waals surface area contributed by atoms with Gasteiger partial charge in [0.2, 0.25) is 15.9 Å². The summed E-state index contributed by atoms with van der Waals surface area (Å²) in [6.07, 6.45) is 5.44. The van der Waals surface area contributed by atoms with Crippen LogP contribution in [0, 0.1) is 5.92 Å². The number of nitrogens with one attached hydrogen (secondary N) is 1. The summed E-state index contributed by atoms with van der Waals surface area (Å²) in [7, 11) is -3.49. The minimum atomic E-state index is -3.49. The third kappa shape index (κ3) is 6.13. The maximum Gasteiger partial charge on any atom is 0.243 e. The van der Waals surface area contributed by atoms with Crippen molar-refractivity contribution in [3.8, 4) is 0 Å². The highest BCUT2D eigenvalue weighted by Crippen LogP contribution is 2.28. The smallest absolute Gasteiger partial charge is 0.243 e. The number of piperidine rings is 1. The normalized spacial score (nSPS) is 19.0. The highest BCUT2D eigenvalue weighted by atomic mass is 35.5. The number of benzene rings is 2. The van der Waals surface area contributed by atoms with Crippen LogP contribution in [-0.2, 0) is 21.4 Å². The molecule has 2 aliphatic rings. The highest BCUT2D eigenvalue weighted by Gasteiger charge is 2.27. The average Bonchev–Trinajstić information content (AvgIpc) is 3.13. The summed E-state index contributed by atoms with van der Waals surface area (Å²) in [6, 6.07) is 12.0. The quantitative estimate of drug-likeness (QED) is 0.549. The van der Waals surface area contributed by atoms with E-state index in [0.29, 0.717) is 35.4 Å². The Morgan fingerprint density at radius 2 is 1.47 bits per heavy atom. The van der Waals surface area contributed by atoms with E-state index in [-0.39, 0.29) is 16.7 Å². The van der Waals surface area contributed by atoms with Gasteiger partial charge in [0, 0.05) is 46.8 Å². The zero-order chi connectivity index (χ0) is 24.1. The maximum atomic E-state index is 12.9. The van der Waals surface area contributed by atoms with E-state index >= 15 is 0 Å². The van der Waals surface area contributed by atoms with Gasteiger partial charge < -0.3 is 5.32 Å². The number of carbonyl (C=O) groups excluding carboxylic acids is 1. The molecule has 34 heavy (non-hydrogen) atoms. The molecule has 9 heteroatoms. The molecule has 2 aromatic carbocycles. The summed E-state index contributed by atoms with van der Waals surface area (Å²) in [5, 5.41) is 4.28. The molecule has 0 atom stereocenters. The molecular weight excluding hydrogens is 493 g/mol. The minimum Gasteiger partial charge on any atom is -0.326 e. The molecule has 0 spiro atoms. The van der Waals surface area contributed by atoms with Gasteiger partial charge in [-0.25, -0.2) is 8.42 Å². The van der Waals surface area contributed by atoms with E-state index in [1.54, 1.807) is 28.6 Å². The molecule has 2 aromatic rings. The lowest BCUT2D eigenvalue weighted by atomic mass is 9.95. The molecule has 0 aromatic heterocycles. The Balaban J connectivity index is 1.30. The number of likely N-dealkylation sites (tertiary alicyclic amines) is 1. The molecule has 0 unspecified atom stereocenters. The Hall–Kier alpha value is -1.64. The van der Waals surface area contributed by atoms with Crippen molar-refractivity contribution in [2.45, 2.75) is 50.0 Å². The zero-order valence-corrected chi connectivity index (χ0v) is 21.5. The van der Waals surface area contributed by atoms with E-state index in [2.05, 4.69) is 10.2 Å². The highest BCUT2D eigenvalue weighted by molar-refractivity contribution is 7.89. The number of carbonyl (C=O) groups is 1. The number of hydrogen-bond donors (Lipinski definition) is 1. The molecule has 4 rings (SSSR count). The van der Waals surface area contributed by atoms with Crippen molar-refractivity contribution in [3.05, 3.63) is 58.1 Å². The van der Waals surface area contributed by atoms with Gasteiger partial charge in [-0.15, -0.1) is 0 Å². The maximum absolute atomic E-state index is 12.9. The van der Waals surface area contributed by atoms with E-state index in [0.717, 1.165) is 57.2 Å². The van der Waals surface area contributed by atoms with Gasteiger partial charge in [0.15, 0.2) is 0 Å². The van der Waals surface area contributed by atoms with E-state index in [1.165, 1.54) is 0 Å². The summed E-state index contributed by atoms with van der Waals surface area (Å²) in [5.74, 6) is -0.114. The largest absolute Gasteiger partial charge is 0.326 e. The van der Waals surface area contributed by atoms with Crippen molar-refractivity contribution in [1.82, 2.24) is 9.21 Å². The predicted octanol–water partition coefficient (Wildman–Crippen LogP) is 5.41. The molecule has 2 fully saturated rings.